The Hall–Kier alpha value is -3.21. The Labute approximate surface area is 138 Å². The van der Waals surface area contributed by atoms with Gasteiger partial charge in [-0.05, 0) is 29.8 Å². The first-order valence-electron chi connectivity index (χ1n) is 7.42. The third kappa shape index (κ3) is 4.16. The van der Waals surface area contributed by atoms with Gasteiger partial charge in [-0.25, -0.2) is 9.82 Å². The Bertz CT molecular complexity index is 839. The molecule has 0 saturated heterocycles. The molecule has 0 unspecified atom stereocenters. The molecule has 0 saturated carbocycles. The third-order valence-corrected chi connectivity index (χ3v) is 3.34. The molecule has 5 heteroatoms. The summed E-state index contributed by atoms with van der Waals surface area (Å²) in [5, 5.41) is 3.87. The quantitative estimate of drug-likeness (QED) is 0.574. The molecule has 1 N–H and O–H groups in total. The van der Waals surface area contributed by atoms with E-state index in [9.17, 15) is 9.18 Å². The van der Waals surface area contributed by atoms with Crippen molar-refractivity contribution in [3.8, 4) is 11.3 Å². The van der Waals surface area contributed by atoms with Crippen LogP contribution in [0.3, 0.4) is 0 Å². The third-order valence-electron chi connectivity index (χ3n) is 3.34. The summed E-state index contributed by atoms with van der Waals surface area (Å²) >= 11 is 0. The van der Waals surface area contributed by atoms with Gasteiger partial charge < -0.3 is 4.42 Å². The smallest absolute Gasteiger partial charge is 0.244 e. The Morgan fingerprint density at radius 2 is 1.79 bits per heavy atom. The number of hydrazone groups is 1. The second-order valence-electron chi connectivity index (χ2n) is 5.16. The fraction of sp³-hybridized carbons (Fsp3) is 0.0526. The van der Waals surface area contributed by atoms with Crippen LogP contribution in [0.2, 0.25) is 0 Å². The highest BCUT2D eigenvalue weighted by atomic mass is 19.1. The predicted molar refractivity (Wildman–Crippen MR) is 90.0 cm³/mol. The van der Waals surface area contributed by atoms with Crippen molar-refractivity contribution in [3.63, 3.8) is 0 Å². The standard InChI is InChI=1S/C19H15FN2O2/c20-16-8-6-14(7-9-16)12-19(23)22-21-13-17-10-11-18(24-17)15-4-2-1-3-5-15/h1-11,13H,12H2,(H,22,23)/b21-13+. The van der Waals surface area contributed by atoms with E-state index >= 15 is 0 Å². The zero-order chi connectivity index (χ0) is 16.8. The summed E-state index contributed by atoms with van der Waals surface area (Å²) < 4.78 is 18.4. The largest absolute Gasteiger partial charge is 0.455 e. The molecular weight excluding hydrogens is 307 g/mol. The van der Waals surface area contributed by atoms with E-state index in [0.29, 0.717) is 11.3 Å². The van der Waals surface area contributed by atoms with Gasteiger partial charge >= 0.3 is 0 Å². The lowest BCUT2D eigenvalue weighted by molar-refractivity contribution is -0.120. The fourth-order valence-electron chi connectivity index (χ4n) is 2.17. The lowest BCUT2D eigenvalue weighted by atomic mass is 10.1. The number of hydrogen-bond donors (Lipinski definition) is 1. The molecular formula is C19H15FN2O2. The molecule has 1 amide bonds. The normalized spacial score (nSPS) is 10.9. The van der Waals surface area contributed by atoms with Gasteiger partial charge in [-0.1, -0.05) is 42.5 Å². The lowest BCUT2D eigenvalue weighted by Crippen LogP contribution is -2.19. The maximum absolute atomic E-state index is 12.8. The van der Waals surface area contributed by atoms with E-state index in [1.54, 1.807) is 18.2 Å². The Kier molecular flexibility index (Phi) is 4.81. The molecule has 4 nitrogen and oxygen atoms in total. The average Bonchev–Trinajstić information content (AvgIpc) is 3.07. The van der Waals surface area contributed by atoms with Crippen molar-refractivity contribution in [1.29, 1.82) is 0 Å². The topological polar surface area (TPSA) is 54.6 Å². The Morgan fingerprint density at radius 3 is 2.54 bits per heavy atom. The van der Waals surface area contributed by atoms with E-state index in [1.807, 2.05) is 36.4 Å². The minimum Gasteiger partial charge on any atom is -0.455 e. The molecule has 1 heterocycles. The molecule has 0 radical (unpaired) electrons. The molecule has 0 fully saturated rings. The van der Waals surface area contributed by atoms with Gasteiger partial charge in [0.2, 0.25) is 5.91 Å². The minimum atomic E-state index is -0.329. The number of hydrogen-bond acceptors (Lipinski definition) is 3. The van der Waals surface area contributed by atoms with Crippen LogP contribution in [-0.4, -0.2) is 12.1 Å². The van der Waals surface area contributed by atoms with E-state index in [0.717, 1.165) is 11.3 Å². The number of nitrogens with one attached hydrogen (secondary N) is 1. The molecule has 24 heavy (non-hydrogen) atoms. The number of rotatable bonds is 5. The summed E-state index contributed by atoms with van der Waals surface area (Å²) in [6, 6.07) is 19.1. The van der Waals surface area contributed by atoms with E-state index in [2.05, 4.69) is 10.5 Å². The molecule has 0 atom stereocenters. The number of nitrogens with zero attached hydrogens (tertiary/aromatic N) is 1. The van der Waals surface area contributed by atoms with E-state index in [4.69, 9.17) is 4.42 Å². The zero-order valence-corrected chi connectivity index (χ0v) is 12.8. The van der Waals surface area contributed by atoms with Crippen LogP contribution in [0, 0.1) is 5.82 Å². The van der Waals surface area contributed by atoms with Crippen molar-refractivity contribution >= 4 is 12.1 Å². The first-order chi connectivity index (χ1) is 11.7. The number of amides is 1. The van der Waals surface area contributed by atoms with E-state index in [1.165, 1.54) is 18.3 Å². The van der Waals surface area contributed by atoms with Crippen molar-refractivity contribution in [2.75, 3.05) is 0 Å². The summed E-state index contributed by atoms with van der Waals surface area (Å²) in [6.45, 7) is 0. The van der Waals surface area contributed by atoms with Gasteiger partial charge in [-0.2, -0.15) is 5.10 Å². The average molecular weight is 322 g/mol. The maximum atomic E-state index is 12.8. The Morgan fingerprint density at radius 1 is 1.04 bits per heavy atom. The summed E-state index contributed by atoms with van der Waals surface area (Å²) in [7, 11) is 0. The highest BCUT2D eigenvalue weighted by molar-refractivity contribution is 5.82. The summed E-state index contributed by atoms with van der Waals surface area (Å²) in [5.74, 6) is 0.655. The van der Waals surface area contributed by atoms with E-state index in [-0.39, 0.29) is 18.1 Å². The summed E-state index contributed by atoms with van der Waals surface area (Å²) in [6.07, 6.45) is 1.57. The molecule has 0 spiro atoms. The maximum Gasteiger partial charge on any atom is 0.244 e. The van der Waals surface area contributed by atoms with Crippen molar-refractivity contribution in [1.82, 2.24) is 5.43 Å². The first-order valence-corrected chi connectivity index (χ1v) is 7.42. The van der Waals surface area contributed by atoms with Crippen LogP contribution in [0.4, 0.5) is 4.39 Å². The number of carbonyl (C=O) groups excluding carboxylic acids is 1. The van der Waals surface area contributed by atoms with Crippen LogP contribution < -0.4 is 5.43 Å². The fourth-order valence-corrected chi connectivity index (χ4v) is 2.17. The van der Waals surface area contributed by atoms with Crippen LogP contribution in [0.25, 0.3) is 11.3 Å². The van der Waals surface area contributed by atoms with Gasteiger partial charge in [0.05, 0.1) is 12.6 Å². The summed E-state index contributed by atoms with van der Waals surface area (Å²) in [5.41, 5.74) is 4.11. The van der Waals surface area contributed by atoms with Gasteiger partial charge in [-0.15, -0.1) is 0 Å². The second kappa shape index (κ2) is 7.37. The molecule has 0 aliphatic heterocycles. The summed E-state index contributed by atoms with van der Waals surface area (Å²) in [4.78, 5) is 11.8. The van der Waals surface area contributed by atoms with Gasteiger partial charge in [0, 0.05) is 5.56 Å². The molecule has 3 aromatic rings. The monoisotopic (exact) mass is 322 g/mol. The van der Waals surface area contributed by atoms with Crippen molar-refractivity contribution < 1.29 is 13.6 Å². The number of benzene rings is 2. The molecule has 0 aliphatic rings. The molecule has 3 rings (SSSR count). The molecule has 2 aromatic carbocycles. The molecule has 0 aliphatic carbocycles. The van der Waals surface area contributed by atoms with Gasteiger partial charge in [0.15, 0.2) is 0 Å². The van der Waals surface area contributed by atoms with Crippen LogP contribution in [0.1, 0.15) is 11.3 Å². The number of carbonyl (C=O) groups is 1. The highest BCUT2D eigenvalue weighted by Crippen LogP contribution is 2.20. The SMILES string of the molecule is O=C(Cc1ccc(F)cc1)N/N=C/c1ccc(-c2ccccc2)o1. The van der Waals surface area contributed by atoms with Crippen LogP contribution in [0.15, 0.2) is 76.2 Å². The first kappa shape index (κ1) is 15.7. The zero-order valence-electron chi connectivity index (χ0n) is 12.8. The van der Waals surface area contributed by atoms with Gasteiger partial charge in [-0.3, -0.25) is 4.79 Å². The van der Waals surface area contributed by atoms with Crippen molar-refractivity contribution in [3.05, 3.63) is 83.9 Å². The predicted octanol–water partition coefficient (Wildman–Crippen LogP) is 3.78. The van der Waals surface area contributed by atoms with Crippen LogP contribution in [-0.2, 0) is 11.2 Å². The van der Waals surface area contributed by atoms with Crippen LogP contribution in [0.5, 0.6) is 0 Å². The highest BCUT2D eigenvalue weighted by Gasteiger charge is 2.04. The Balaban J connectivity index is 1.55. The van der Waals surface area contributed by atoms with Crippen molar-refractivity contribution in [2.45, 2.75) is 6.42 Å². The molecule has 0 bridgehead atoms. The van der Waals surface area contributed by atoms with Gasteiger partial charge in [0.1, 0.15) is 17.3 Å². The lowest BCUT2D eigenvalue weighted by Gasteiger charge is -2.00. The number of halogens is 1. The van der Waals surface area contributed by atoms with Gasteiger partial charge in [0.25, 0.3) is 0 Å². The second-order valence-corrected chi connectivity index (χ2v) is 5.16. The number of furan rings is 1. The minimum absolute atomic E-state index is 0.130. The molecule has 1 aromatic heterocycles. The molecule has 120 valence electrons. The van der Waals surface area contributed by atoms with E-state index < -0.39 is 0 Å². The van der Waals surface area contributed by atoms with Crippen molar-refractivity contribution in [2.24, 2.45) is 5.10 Å². The van der Waals surface area contributed by atoms with Crippen LogP contribution >= 0.6 is 0 Å².